The minimum Gasteiger partial charge on any atom is -1.00 e. The van der Waals surface area contributed by atoms with E-state index in [2.05, 4.69) is 127 Å². The number of fused-ring (bicyclic) bond motifs is 1. The van der Waals surface area contributed by atoms with Crippen LogP contribution in [0.4, 0.5) is 5.69 Å². The van der Waals surface area contributed by atoms with E-state index in [9.17, 15) is 0 Å². The predicted octanol–water partition coefficient (Wildman–Crippen LogP) is 4.21. The summed E-state index contributed by atoms with van der Waals surface area (Å²) in [5, 5.41) is 1.26. The number of benzene rings is 3. The van der Waals surface area contributed by atoms with Crippen molar-refractivity contribution in [2.45, 2.75) is 20.4 Å². The molecular weight excluding hydrogens is 535 g/mol. The van der Waals surface area contributed by atoms with Crippen molar-refractivity contribution >= 4 is 29.2 Å². The van der Waals surface area contributed by atoms with Gasteiger partial charge in [-0.25, -0.2) is 0 Å². The molecule has 4 aromatic rings. The van der Waals surface area contributed by atoms with Crippen LogP contribution in [0.1, 0.15) is 23.1 Å². The number of anilines is 1. The molecule has 0 spiro atoms. The van der Waals surface area contributed by atoms with Crippen molar-refractivity contribution < 1.29 is 28.5 Å². The maximum atomic E-state index is 2.45. The highest BCUT2D eigenvalue weighted by Crippen LogP contribution is 2.37. The molecule has 0 fully saturated rings. The molecule has 0 unspecified atom stereocenters. The number of hydrogen-bond donors (Lipinski definition) is 0. The number of aromatic nitrogens is 1. The molecule has 33 heavy (non-hydrogen) atoms. The second kappa shape index (κ2) is 10.1. The normalized spacial score (nSPS) is 13.7. The summed E-state index contributed by atoms with van der Waals surface area (Å²) in [5.41, 5.74) is 8.80. The zero-order chi connectivity index (χ0) is 22.1. The van der Waals surface area contributed by atoms with Crippen LogP contribution in [0.15, 0.2) is 90.6 Å². The van der Waals surface area contributed by atoms with Crippen LogP contribution in [-0.2, 0) is 6.54 Å². The van der Waals surface area contributed by atoms with Gasteiger partial charge in [-0.05, 0) is 55.3 Å². The van der Waals surface area contributed by atoms with Gasteiger partial charge in [0.25, 0.3) is 5.01 Å². The van der Waals surface area contributed by atoms with E-state index >= 15 is 0 Å². The number of rotatable bonds is 4. The molecule has 0 amide bonds. The number of halogens is 1. The third-order valence-electron chi connectivity index (χ3n) is 5.99. The van der Waals surface area contributed by atoms with Crippen LogP contribution in [0.2, 0.25) is 0 Å². The largest absolute Gasteiger partial charge is 1.00 e. The second-order valence-corrected chi connectivity index (χ2v) is 9.15. The smallest absolute Gasteiger partial charge is 0.264 e. The Labute approximate surface area is 217 Å². The summed E-state index contributed by atoms with van der Waals surface area (Å²) in [6, 6.07) is 28.1. The molecule has 0 aliphatic carbocycles. The van der Waals surface area contributed by atoms with E-state index in [1.807, 2.05) is 11.3 Å². The molecule has 3 aromatic carbocycles. The summed E-state index contributed by atoms with van der Waals surface area (Å²) in [7, 11) is 2.16. The Morgan fingerprint density at radius 2 is 1.55 bits per heavy atom. The Morgan fingerprint density at radius 3 is 2.21 bits per heavy atom. The van der Waals surface area contributed by atoms with Gasteiger partial charge < -0.3 is 28.9 Å². The van der Waals surface area contributed by atoms with Gasteiger partial charge in [0, 0.05) is 30.1 Å². The Morgan fingerprint density at radius 1 is 0.879 bits per heavy atom. The molecule has 0 bridgehead atoms. The van der Waals surface area contributed by atoms with Crippen LogP contribution in [0.5, 0.6) is 0 Å². The van der Waals surface area contributed by atoms with Crippen LogP contribution in [0.25, 0.3) is 33.9 Å². The average molecular weight is 563 g/mol. The minimum atomic E-state index is 0. The Balaban J connectivity index is 0.00000259. The molecule has 166 valence electrons. The molecule has 1 aromatic heterocycles. The van der Waals surface area contributed by atoms with Crippen molar-refractivity contribution in [3.05, 3.63) is 107 Å². The van der Waals surface area contributed by atoms with Crippen LogP contribution in [0.3, 0.4) is 0 Å². The number of aryl methyl sites for hydroxylation is 1. The summed E-state index contributed by atoms with van der Waals surface area (Å²) in [5.74, 6) is 0. The first-order valence-corrected chi connectivity index (χ1v) is 11.9. The first-order chi connectivity index (χ1) is 15.7. The van der Waals surface area contributed by atoms with Crippen LogP contribution in [0, 0.1) is 6.92 Å². The van der Waals surface area contributed by atoms with Crippen molar-refractivity contribution in [1.82, 2.24) is 0 Å². The van der Waals surface area contributed by atoms with Crippen molar-refractivity contribution in [1.29, 1.82) is 0 Å². The summed E-state index contributed by atoms with van der Waals surface area (Å²) < 4.78 is 2.45. The Kier molecular flexibility index (Phi) is 7.15. The average Bonchev–Trinajstić information content (AvgIpc) is 3.20. The monoisotopic (exact) mass is 562 g/mol. The molecule has 1 aliphatic rings. The Bertz CT molecular complexity index is 1320. The number of hydrogen-bond acceptors (Lipinski definition) is 2. The third kappa shape index (κ3) is 4.55. The molecular formula is C29H27IN2S. The number of nitrogens with zero attached hydrogens (tertiary/aromatic N) is 2. The maximum absolute atomic E-state index is 2.45. The van der Waals surface area contributed by atoms with Crippen molar-refractivity contribution in [2.24, 2.45) is 0 Å². The van der Waals surface area contributed by atoms with Gasteiger partial charge >= 0.3 is 0 Å². The van der Waals surface area contributed by atoms with Gasteiger partial charge in [0.2, 0.25) is 5.69 Å². The molecule has 5 rings (SSSR count). The first-order valence-electron chi connectivity index (χ1n) is 11.1. The van der Waals surface area contributed by atoms with Gasteiger partial charge in [0.05, 0.1) is 0 Å². The van der Waals surface area contributed by atoms with Gasteiger partial charge in [0.15, 0.2) is 0 Å². The quantitative estimate of drug-likeness (QED) is 0.267. The number of likely N-dealkylation sites (N-methyl/N-ethyl adjacent to an activating group) is 1. The lowest BCUT2D eigenvalue weighted by Gasteiger charge is -2.26. The molecule has 0 atom stereocenters. The fourth-order valence-corrected chi connectivity index (χ4v) is 5.64. The highest BCUT2D eigenvalue weighted by atomic mass is 127. The molecule has 2 nitrogen and oxygen atoms in total. The van der Waals surface area contributed by atoms with E-state index in [1.165, 1.54) is 49.2 Å². The fourth-order valence-electron chi connectivity index (χ4n) is 4.34. The fraction of sp³-hybridized carbons (Fsp3) is 0.138. The molecule has 0 saturated carbocycles. The molecule has 4 heteroatoms. The molecule has 2 heterocycles. The third-order valence-corrected chi connectivity index (χ3v) is 7.17. The topological polar surface area (TPSA) is 7.12 Å². The van der Waals surface area contributed by atoms with Crippen LogP contribution >= 0.6 is 11.3 Å². The Hall–Kier alpha value is -2.70. The summed E-state index contributed by atoms with van der Waals surface area (Å²) in [4.78, 5) is 3.60. The number of allylic oxidation sites excluding steroid dienone is 1. The highest BCUT2D eigenvalue weighted by Gasteiger charge is 2.27. The van der Waals surface area contributed by atoms with E-state index < -0.39 is 0 Å². The summed E-state index contributed by atoms with van der Waals surface area (Å²) in [6.45, 7) is 5.29. The summed E-state index contributed by atoms with van der Waals surface area (Å²) >= 11 is 1.86. The van der Waals surface area contributed by atoms with Gasteiger partial charge in [-0.2, -0.15) is 4.57 Å². The first kappa shape index (κ1) is 23.5. The van der Waals surface area contributed by atoms with E-state index in [0.29, 0.717) is 0 Å². The van der Waals surface area contributed by atoms with Gasteiger partial charge in [-0.3, -0.25) is 0 Å². The molecule has 0 saturated heterocycles. The van der Waals surface area contributed by atoms with E-state index in [1.54, 1.807) is 0 Å². The standard InChI is InChI=1S/C29H27N2S.HI/c1-4-31-27(20-25-17-16-24-19-21(2)15-18-26(24)30(25)3)32-29(23-13-9-6-10-14-23)28(31)22-11-7-5-8-12-22;/h5-20H,4H2,1-3H3;1H/q+1;/p-1. The number of thiazole rings is 1. The van der Waals surface area contributed by atoms with E-state index in [-0.39, 0.29) is 24.0 Å². The van der Waals surface area contributed by atoms with Crippen LogP contribution in [-0.4, -0.2) is 7.05 Å². The SMILES string of the molecule is CC[n+]1c(C=C2C=Cc3cc(C)ccc3N2C)sc(-c2ccccc2)c1-c1ccccc1.[I-]. The highest BCUT2D eigenvalue weighted by molar-refractivity contribution is 7.16. The van der Waals surface area contributed by atoms with Crippen LogP contribution < -0.4 is 33.4 Å². The zero-order valence-corrected chi connectivity index (χ0v) is 22.1. The van der Waals surface area contributed by atoms with E-state index in [0.717, 1.165) is 6.54 Å². The molecule has 0 N–H and O–H groups in total. The van der Waals surface area contributed by atoms with Gasteiger partial charge in [0.1, 0.15) is 11.4 Å². The summed E-state index contributed by atoms with van der Waals surface area (Å²) in [6.07, 6.45) is 6.78. The maximum Gasteiger partial charge on any atom is 0.264 e. The van der Waals surface area contributed by atoms with Crippen molar-refractivity contribution in [3.8, 4) is 21.7 Å². The van der Waals surface area contributed by atoms with Gasteiger partial charge in [-0.15, -0.1) is 0 Å². The van der Waals surface area contributed by atoms with E-state index in [4.69, 9.17) is 0 Å². The van der Waals surface area contributed by atoms with Gasteiger partial charge in [-0.1, -0.05) is 77.6 Å². The molecule has 1 aliphatic heterocycles. The zero-order valence-electron chi connectivity index (χ0n) is 19.1. The van der Waals surface area contributed by atoms with Crippen molar-refractivity contribution in [3.63, 3.8) is 0 Å². The predicted molar refractivity (Wildman–Crippen MR) is 138 cm³/mol. The lowest BCUT2D eigenvalue weighted by atomic mass is 10.0. The second-order valence-electron chi connectivity index (χ2n) is 8.12. The molecule has 0 radical (unpaired) electrons. The lowest BCUT2D eigenvalue weighted by Crippen LogP contribution is -3.00. The lowest BCUT2D eigenvalue weighted by molar-refractivity contribution is -0.679. The van der Waals surface area contributed by atoms with Crippen molar-refractivity contribution in [2.75, 3.05) is 11.9 Å². The minimum absolute atomic E-state index is 0.